The number of nitrogens with one attached hydrogen (secondary N) is 1. The van der Waals surface area contributed by atoms with E-state index in [0.717, 1.165) is 12.0 Å². The number of ether oxygens (including phenoxy) is 1. The van der Waals surface area contributed by atoms with Gasteiger partial charge in [0.25, 0.3) is 5.91 Å². The maximum Gasteiger partial charge on any atom is 0.255 e. The van der Waals surface area contributed by atoms with Gasteiger partial charge in [-0.2, -0.15) is 0 Å². The molecule has 0 spiro atoms. The lowest BCUT2D eigenvalue weighted by molar-refractivity contribution is 0.102. The third kappa shape index (κ3) is 3.99. The van der Waals surface area contributed by atoms with Gasteiger partial charge < -0.3 is 10.1 Å². The van der Waals surface area contributed by atoms with Crippen LogP contribution in [0.25, 0.3) is 0 Å². The zero-order chi connectivity index (χ0) is 15.2. The molecule has 110 valence electrons. The largest absolute Gasteiger partial charge is 0.494 e. The number of anilines is 1. The van der Waals surface area contributed by atoms with E-state index < -0.39 is 0 Å². The standard InChI is InChI=1S/C17H18ClNO2/c1-3-10-21-14-7-4-6-13(11-14)17(20)19-16-9-5-8-15(18)12(16)2/h4-9,11H,3,10H2,1-2H3,(H,19,20). The summed E-state index contributed by atoms with van der Waals surface area (Å²) in [6.07, 6.45) is 0.929. The summed E-state index contributed by atoms with van der Waals surface area (Å²) in [5.41, 5.74) is 2.13. The van der Waals surface area contributed by atoms with Gasteiger partial charge in [0.1, 0.15) is 5.75 Å². The number of amides is 1. The van der Waals surface area contributed by atoms with Gasteiger partial charge in [0.2, 0.25) is 0 Å². The van der Waals surface area contributed by atoms with Gasteiger partial charge in [0.15, 0.2) is 0 Å². The van der Waals surface area contributed by atoms with Crippen LogP contribution in [0.5, 0.6) is 5.75 Å². The molecule has 0 aliphatic rings. The molecule has 0 bridgehead atoms. The van der Waals surface area contributed by atoms with Gasteiger partial charge in [-0.1, -0.05) is 30.7 Å². The molecule has 21 heavy (non-hydrogen) atoms. The van der Waals surface area contributed by atoms with E-state index in [2.05, 4.69) is 5.32 Å². The Kier molecular flexibility index (Phi) is 5.23. The molecule has 0 fully saturated rings. The summed E-state index contributed by atoms with van der Waals surface area (Å²) >= 11 is 6.05. The van der Waals surface area contributed by atoms with Crippen molar-refractivity contribution in [2.24, 2.45) is 0 Å². The Balaban J connectivity index is 2.15. The van der Waals surface area contributed by atoms with E-state index in [4.69, 9.17) is 16.3 Å². The lowest BCUT2D eigenvalue weighted by Crippen LogP contribution is -2.13. The fourth-order valence-electron chi connectivity index (χ4n) is 1.88. The van der Waals surface area contributed by atoms with Crippen LogP contribution < -0.4 is 10.1 Å². The molecule has 2 aromatic rings. The van der Waals surface area contributed by atoms with Crippen LogP contribution in [0.15, 0.2) is 42.5 Å². The zero-order valence-electron chi connectivity index (χ0n) is 12.2. The van der Waals surface area contributed by atoms with E-state index in [-0.39, 0.29) is 5.91 Å². The van der Waals surface area contributed by atoms with Crippen molar-refractivity contribution in [3.8, 4) is 5.75 Å². The minimum atomic E-state index is -0.178. The number of carbonyl (C=O) groups excluding carboxylic acids is 1. The van der Waals surface area contributed by atoms with Gasteiger partial charge in [-0.25, -0.2) is 0 Å². The second-order valence-electron chi connectivity index (χ2n) is 4.74. The van der Waals surface area contributed by atoms with Crippen LogP contribution >= 0.6 is 11.6 Å². The van der Waals surface area contributed by atoms with Crippen LogP contribution in [-0.4, -0.2) is 12.5 Å². The molecule has 1 N–H and O–H groups in total. The normalized spacial score (nSPS) is 10.2. The average molecular weight is 304 g/mol. The van der Waals surface area contributed by atoms with Crippen LogP contribution in [-0.2, 0) is 0 Å². The molecule has 3 nitrogen and oxygen atoms in total. The fourth-order valence-corrected chi connectivity index (χ4v) is 2.06. The molecule has 0 saturated heterocycles. The van der Waals surface area contributed by atoms with Gasteiger partial charge in [0.05, 0.1) is 6.61 Å². The molecular weight excluding hydrogens is 286 g/mol. The number of hydrogen-bond donors (Lipinski definition) is 1. The Hall–Kier alpha value is -2.00. The van der Waals surface area contributed by atoms with E-state index in [1.54, 1.807) is 18.2 Å². The highest BCUT2D eigenvalue weighted by Gasteiger charge is 2.10. The number of benzene rings is 2. The first-order valence-corrected chi connectivity index (χ1v) is 7.29. The van der Waals surface area contributed by atoms with Crippen molar-refractivity contribution in [3.63, 3.8) is 0 Å². The Morgan fingerprint density at radius 3 is 2.76 bits per heavy atom. The Morgan fingerprint density at radius 1 is 1.24 bits per heavy atom. The summed E-state index contributed by atoms with van der Waals surface area (Å²) in [6.45, 7) is 4.55. The van der Waals surface area contributed by atoms with Crippen molar-refractivity contribution < 1.29 is 9.53 Å². The number of halogens is 1. The molecule has 1 amide bonds. The van der Waals surface area contributed by atoms with Crippen LogP contribution in [0.4, 0.5) is 5.69 Å². The smallest absolute Gasteiger partial charge is 0.255 e. The van der Waals surface area contributed by atoms with Crippen LogP contribution in [0.2, 0.25) is 5.02 Å². The lowest BCUT2D eigenvalue weighted by atomic mass is 10.1. The van der Waals surface area contributed by atoms with Gasteiger partial charge in [0, 0.05) is 16.3 Å². The van der Waals surface area contributed by atoms with Gasteiger partial charge in [-0.15, -0.1) is 0 Å². The third-order valence-corrected chi connectivity index (χ3v) is 3.49. The molecule has 0 atom stereocenters. The summed E-state index contributed by atoms with van der Waals surface area (Å²) < 4.78 is 5.54. The van der Waals surface area contributed by atoms with Crippen molar-refractivity contribution in [1.82, 2.24) is 0 Å². The van der Waals surface area contributed by atoms with E-state index in [1.807, 2.05) is 38.1 Å². The van der Waals surface area contributed by atoms with Crippen molar-refractivity contribution in [1.29, 1.82) is 0 Å². The molecule has 2 aromatic carbocycles. The predicted octanol–water partition coefficient (Wildman–Crippen LogP) is 4.69. The summed E-state index contributed by atoms with van der Waals surface area (Å²) in [5.74, 6) is 0.523. The van der Waals surface area contributed by atoms with Crippen molar-refractivity contribution in [2.45, 2.75) is 20.3 Å². The molecule has 0 radical (unpaired) electrons. The predicted molar refractivity (Wildman–Crippen MR) is 86.4 cm³/mol. The van der Waals surface area contributed by atoms with Gasteiger partial charge in [-0.3, -0.25) is 4.79 Å². The Bertz CT molecular complexity index is 640. The Morgan fingerprint density at radius 2 is 2.00 bits per heavy atom. The van der Waals surface area contributed by atoms with Crippen molar-refractivity contribution >= 4 is 23.2 Å². The first-order valence-electron chi connectivity index (χ1n) is 6.91. The molecule has 2 rings (SSSR count). The molecule has 0 heterocycles. The molecule has 0 unspecified atom stereocenters. The highest BCUT2D eigenvalue weighted by Crippen LogP contribution is 2.24. The van der Waals surface area contributed by atoms with E-state index in [9.17, 15) is 4.79 Å². The van der Waals surface area contributed by atoms with Crippen LogP contribution in [0.1, 0.15) is 29.3 Å². The number of rotatable bonds is 5. The molecule has 0 saturated carbocycles. The molecular formula is C17H18ClNO2. The second kappa shape index (κ2) is 7.14. The van der Waals surface area contributed by atoms with E-state index >= 15 is 0 Å². The molecule has 4 heteroatoms. The first-order chi connectivity index (χ1) is 10.1. The maximum absolute atomic E-state index is 12.3. The minimum Gasteiger partial charge on any atom is -0.494 e. The summed E-state index contributed by atoms with van der Waals surface area (Å²) in [7, 11) is 0. The fraction of sp³-hybridized carbons (Fsp3) is 0.235. The number of hydrogen-bond acceptors (Lipinski definition) is 2. The van der Waals surface area contributed by atoms with Crippen LogP contribution in [0.3, 0.4) is 0 Å². The van der Waals surface area contributed by atoms with Crippen LogP contribution in [0, 0.1) is 6.92 Å². The monoisotopic (exact) mass is 303 g/mol. The zero-order valence-corrected chi connectivity index (χ0v) is 12.9. The quantitative estimate of drug-likeness (QED) is 0.870. The van der Waals surface area contributed by atoms with E-state index in [1.165, 1.54) is 0 Å². The minimum absolute atomic E-state index is 0.178. The van der Waals surface area contributed by atoms with Gasteiger partial charge >= 0.3 is 0 Å². The van der Waals surface area contributed by atoms with Gasteiger partial charge in [-0.05, 0) is 49.2 Å². The molecule has 0 aliphatic heterocycles. The maximum atomic E-state index is 12.3. The summed E-state index contributed by atoms with van der Waals surface area (Å²) in [6, 6.07) is 12.6. The SMILES string of the molecule is CCCOc1cccc(C(=O)Nc2cccc(Cl)c2C)c1. The highest BCUT2D eigenvalue weighted by molar-refractivity contribution is 6.31. The summed E-state index contributed by atoms with van der Waals surface area (Å²) in [4.78, 5) is 12.3. The highest BCUT2D eigenvalue weighted by atomic mass is 35.5. The number of carbonyl (C=O) groups is 1. The first kappa shape index (κ1) is 15.4. The summed E-state index contributed by atoms with van der Waals surface area (Å²) in [5, 5.41) is 3.50. The van der Waals surface area contributed by atoms with Crippen molar-refractivity contribution in [2.75, 3.05) is 11.9 Å². The van der Waals surface area contributed by atoms with E-state index in [0.29, 0.717) is 28.6 Å². The topological polar surface area (TPSA) is 38.3 Å². The molecule has 0 aromatic heterocycles. The lowest BCUT2D eigenvalue weighted by Gasteiger charge is -2.10. The second-order valence-corrected chi connectivity index (χ2v) is 5.15. The Labute approximate surface area is 129 Å². The average Bonchev–Trinajstić information content (AvgIpc) is 2.50. The molecule has 0 aliphatic carbocycles. The third-order valence-electron chi connectivity index (χ3n) is 3.08. The van der Waals surface area contributed by atoms with Crippen molar-refractivity contribution in [3.05, 3.63) is 58.6 Å².